The first-order valence-corrected chi connectivity index (χ1v) is 7.02. The molecule has 1 aromatic carbocycles. The Labute approximate surface area is 95.2 Å². The maximum atomic E-state index is 11.4. The molecule has 1 atom stereocenters. The van der Waals surface area contributed by atoms with E-state index >= 15 is 0 Å². The summed E-state index contributed by atoms with van der Waals surface area (Å²) in [5, 5.41) is 12.5. The quantitative estimate of drug-likeness (QED) is 0.815. The lowest BCUT2D eigenvalue weighted by atomic mass is 10.00. The Hall–Kier alpha value is -1.07. The van der Waals surface area contributed by atoms with Gasteiger partial charge < -0.3 is 10.4 Å². The molecule has 1 heterocycles. The number of rotatable bonds is 3. The normalized spacial score (nSPS) is 27.8. The lowest BCUT2D eigenvalue weighted by Gasteiger charge is -2.27. The van der Waals surface area contributed by atoms with Crippen LogP contribution in [-0.4, -0.2) is 37.2 Å². The zero-order valence-corrected chi connectivity index (χ0v) is 9.70. The summed E-state index contributed by atoms with van der Waals surface area (Å²) in [5.41, 5.74) is 0.133. The van der Waals surface area contributed by atoms with Crippen LogP contribution in [0.4, 0.5) is 5.69 Å². The second kappa shape index (κ2) is 4.07. The number of nitrogens with one attached hydrogen (secondary N) is 1. The average Bonchev–Trinajstić information content (AvgIpc) is 2.57. The highest BCUT2D eigenvalue weighted by Gasteiger charge is 2.41. The van der Waals surface area contributed by atoms with Crippen LogP contribution in [0.1, 0.15) is 6.42 Å². The third-order valence-corrected chi connectivity index (χ3v) is 4.69. The Kier molecular flexibility index (Phi) is 2.90. The van der Waals surface area contributed by atoms with E-state index in [1.54, 1.807) is 0 Å². The molecule has 1 aliphatic heterocycles. The van der Waals surface area contributed by atoms with E-state index in [1.807, 2.05) is 30.3 Å². The van der Waals surface area contributed by atoms with E-state index in [0.29, 0.717) is 6.42 Å². The molecule has 0 radical (unpaired) electrons. The second-order valence-electron chi connectivity index (χ2n) is 4.27. The Morgan fingerprint density at radius 3 is 2.50 bits per heavy atom. The molecule has 5 heteroatoms. The number of sulfone groups is 1. The summed E-state index contributed by atoms with van der Waals surface area (Å²) in [6.45, 7) is -0.166. The van der Waals surface area contributed by atoms with E-state index in [-0.39, 0.29) is 18.1 Å². The van der Waals surface area contributed by atoms with Gasteiger partial charge in [0.15, 0.2) is 9.84 Å². The summed E-state index contributed by atoms with van der Waals surface area (Å²) in [6, 6.07) is 9.36. The van der Waals surface area contributed by atoms with Gasteiger partial charge in [0.1, 0.15) is 0 Å². The SMILES string of the molecule is O=S1(=O)CCC(CO)(Nc2ccccc2)C1. The van der Waals surface area contributed by atoms with Gasteiger partial charge in [-0.25, -0.2) is 8.42 Å². The molecule has 88 valence electrons. The van der Waals surface area contributed by atoms with Gasteiger partial charge in [0.2, 0.25) is 0 Å². The van der Waals surface area contributed by atoms with Gasteiger partial charge in [-0.05, 0) is 18.6 Å². The fourth-order valence-electron chi connectivity index (χ4n) is 2.01. The molecule has 0 aromatic heterocycles. The smallest absolute Gasteiger partial charge is 0.152 e. The van der Waals surface area contributed by atoms with Crippen LogP contribution < -0.4 is 5.32 Å². The highest BCUT2D eigenvalue weighted by molar-refractivity contribution is 7.91. The molecule has 4 nitrogen and oxygen atoms in total. The third-order valence-electron chi connectivity index (χ3n) is 2.87. The van der Waals surface area contributed by atoms with Crippen LogP contribution in [0.3, 0.4) is 0 Å². The predicted octanol–water partition coefficient (Wildman–Crippen LogP) is 0.648. The van der Waals surface area contributed by atoms with Crippen molar-refractivity contribution in [2.24, 2.45) is 0 Å². The van der Waals surface area contributed by atoms with Crippen LogP contribution in [0.15, 0.2) is 30.3 Å². The first-order chi connectivity index (χ1) is 7.55. The van der Waals surface area contributed by atoms with E-state index in [1.165, 1.54) is 0 Å². The largest absolute Gasteiger partial charge is 0.394 e. The molecule has 2 N–H and O–H groups in total. The van der Waals surface area contributed by atoms with E-state index < -0.39 is 15.4 Å². The van der Waals surface area contributed by atoms with Crippen molar-refractivity contribution < 1.29 is 13.5 Å². The van der Waals surface area contributed by atoms with E-state index in [0.717, 1.165) is 5.69 Å². The zero-order chi connectivity index (χ0) is 11.6. The lowest BCUT2D eigenvalue weighted by Crippen LogP contribution is -2.43. The van der Waals surface area contributed by atoms with Crippen molar-refractivity contribution in [3.63, 3.8) is 0 Å². The summed E-state index contributed by atoms with van der Waals surface area (Å²) in [6.07, 6.45) is 0.459. The Morgan fingerprint density at radius 1 is 1.31 bits per heavy atom. The van der Waals surface area contributed by atoms with Crippen LogP contribution >= 0.6 is 0 Å². The van der Waals surface area contributed by atoms with Crippen LogP contribution in [-0.2, 0) is 9.84 Å². The van der Waals surface area contributed by atoms with Gasteiger partial charge in [-0.1, -0.05) is 18.2 Å². The van der Waals surface area contributed by atoms with Gasteiger partial charge in [0, 0.05) is 5.69 Å². The lowest BCUT2D eigenvalue weighted by molar-refractivity contribution is 0.226. The molecule has 1 fully saturated rings. The molecule has 2 rings (SSSR count). The fourth-order valence-corrected chi connectivity index (χ4v) is 4.00. The van der Waals surface area contributed by atoms with Gasteiger partial charge in [-0.2, -0.15) is 0 Å². The molecule has 1 unspecified atom stereocenters. The minimum absolute atomic E-state index is 0.00535. The fraction of sp³-hybridized carbons (Fsp3) is 0.455. The summed E-state index contributed by atoms with van der Waals surface area (Å²) in [7, 11) is -3.01. The topological polar surface area (TPSA) is 66.4 Å². The van der Waals surface area contributed by atoms with Gasteiger partial charge in [-0.15, -0.1) is 0 Å². The Bertz CT molecular complexity index is 457. The minimum atomic E-state index is -3.01. The first kappa shape index (κ1) is 11.4. The van der Waals surface area contributed by atoms with Gasteiger partial charge >= 0.3 is 0 Å². The van der Waals surface area contributed by atoms with Crippen molar-refractivity contribution in [2.45, 2.75) is 12.0 Å². The highest BCUT2D eigenvalue weighted by atomic mass is 32.2. The molecule has 0 bridgehead atoms. The number of hydrogen-bond donors (Lipinski definition) is 2. The number of aliphatic hydroxyl groups is 1. The van der Waals surface area contributed by atoms with E-state index in [4.69, 9.17) is 0 Å². The third kappa shape index (κ3) is 2.36. The minimum Gasteiger partial charge on any atom is -0.394 e. The van der Waals surface area contributed by atoms with Crippen LogP contribution in [0.5, 0.6) is 0 Å². The Morgan fingerprint density at radius 2 is 2.00 bits per heavy atom. The van der Waals surface area contributed by atoms with Crippen molar-refractivity contribution >= 4 is 15.5 Å². The summed E-state index contributed by atoms with van der Waals surface area (Å²) < 4.78 is 22.9. The number of para-hydroxylation sites is 1. The number of aliphatic hydroxyl groups excluding tert-OH is 1. The molecule has 0 aliphatic carbocycles. The summed E-state index contributed by atoms with van der Waals surface area (Å²) >= 11 is 0. The number of benzene rings is 1. The summed E-state index contributed by atoms with van der Waals surface area (Å²) in [5.74, 6) is 0.152. The van der Waals surface area contributed by atoms with Crippen LogP contribution in [0, 0.1) is 0 Å². The second-order valence-corrected chi connectivity index (χ2v) is 6.46. The van der Waals surface area contributed by atoms with Crippen molar-refractivity contribution in [1.82, 2.24) is 0 Å². The molecule has 16 heavy (non-hydrogen) atoms. The van der Waals surface area contributed by atoms with Crippen LogP contribution in [0.2, 0.25) is 0 Å². The van der Waals surface area contributed by atoms with Crippen molar-refractivity contribution in [3.8, 4) is 0 Å². The molecular formula is C11H15NO3S. The molecule has 0 saturated carbocycles. The molecule has 1 aliphatic rings. The van der Waals surface area contributed by atoms with E-state index in [9.17, 15) is 13.5 Å². The maximum absolute atomic E-state index is 11.4. The zero-order valence-electron chi connectivity index (χ0n) is 8.89. The highest BCUT2D eigenvalue weighted by Crippen LogP contribution is 2.27. The van der Waals surface area contributed by atoms with Crippen molar-refractivity contribution in [2.75, 3.05) is 23.4 Å². The molecular weight excluding hydrogens is 226 g/mol. The molecule has 1 aromatic rings. The average molecular weight is 241 g/mol. The Balaban J connectivity index is 2.19. The predicted molar refractivity (Wildman–Crippen MR) is 63.2 cm³/mol. The monoisotopic (exact) mass is 241 g/mol. The standard InChI is InChI=1S/C11H15NO3S/c13-8-11(6-7-16(14,15)9-11)12-10-4-2-1-3-5-10/h1-5,12-13H,6-9H2. The van der Waals surface area contributed by atoms with Gasteiger partial charge in [-0.3, -0.25) is 0 Å². The molecule has 0 spiro atoms. The first-order valence-electron chi connectivity index (χ1n) is 5.20. The van der Waals surface area contributed by atoms with Gasteiger partial charge in [0.25, 0.3) is 0 Å². The van der Waals surface area contributed by atoms with E-state index in [2.05, 4.69) is 5.32 Å². The van der Waals surface area contributed by atoms with Crippen molar-refractivity contribution in [3.05, 3.63) is 30.3 Å². The van der Waals surface area contributed by atoms with Crippen LogP contribution in [0.25, 0.3) is 0 Å². The molecule has 1 saturated heterocycles. The van der Waals surface area contributed by atoms with Crippen molar-refractivity contribution in [1.29, 1.82) is 0 Å². The van der Waals surface area contributed by atoms with Gasteiger partial charge in [0.05, 0.1) is 23.7 Å². The maximum Gasteiger partial charge on any atom is 0.152 e. The summed E-state index contributed by atoms with van der Waals surface area (Å²) in [4.78, 5) is 0. The number of anilines is 1. The number of hydrogen-bond acceptors (Lipinski definition) is 4. The molecule has 0 amide bonds.